The third-order valence-electron chi connectivity index (χ3n) is 7.01. The van der Waals surface area contributed by atoms with Gasteiger partial charge in [-0.25, -0.2) is 4.79 Å². The highest BCUT2D eigenvalue weighted by Gasteiger charge is 2.45. The molecule has 2 atom stereocenters. The standard InChI is InChI=1S/C27H34N2O5/c1-27(2,3)34-26(31)28-10-8-23-22(15-28)21-13-17(14-24-25(21)29(23)9-5-11-33-24)20-7-6-19(32-4)12-18(20)16-30/h6-7,12-14,22-23,30H,5,8-11,15-16H2,1-4H3/t22-,23-/m0/s1. The molecule has 0 bridgehead atoms. The van der Waals surface area contributed by atoms with Crippen LogP contribution in [0.2, 0.25) is 0 Å². The predicted octanol–water partition coefficient (Wildman–Crippen LogP) is 4.55. The monoisotopic (exact) mass is 466 g/mol. The van der Waals surface area contributed by atoms with Gasteiger partial charge in [0, 0.05) is 31.6 Å². The summed E-state index contributed by atoms with van der Waals surface area (Å²) in [4.78, 5) is 17.2. The minimum Gasteiger partial charge on any atom is -0.497 e. The Morgan fingerprint density at radius 3 is 2.76 bits per heavy atom. The van der Waals surface area contributed by atoms with Gasteiger partial charge in [-0.2, -0.15) is 0 Å². The molecule has 0 unspecified atom stereocenters. The molecule has 2 aromatic carbocycles. The van der Waals surface area contributed by atoms with Gasteiger partial charge in [-0.3, -0.25) is 0 Å². The number of hydrogen-bond acceptors (Lipinski definition) is 6. The average Bonchev–Trinajstić information content (AvgIpc) is 2.96. The van der Waals surface area contributed by atoms with Gasteiger partial charge >= 0.3 is 6.09 Å². The van der Waals surface area contributed by atoms with Gasteiger partial charge in [0.1, 0.15) is 17.1 Å². The van der Waals surface area contributed by atoms with E-state index in [2.05, 4.69) is 17.0 Å². The van der Waals surface area contributed by atoms with E-state index >= 15 is 0 Å². The zero-order chi connectivity index (χ0) is 24.0. The lowest BCUT2D eigenvalue weighted by molar-refractivity contribution is 0.0189. The molecule has 5 rings (SSSR count). The lowest BCUT2D eigenvalue weighted by atomic mass is 9.87. The summed E-state index contributed by atoms with van der Waals surface area (Å²) in [5, 5.41) is 10.0. The second-order valence-corrected chi connectivity index (χ2v) is 10.4. The summed E-state index contributed by atoms with van der Waals surface area (Å²) in [5.41, 5.74) is 4.65. The predicted molar refractivity (Wildman–Crippen MR) is 131 cm³/mol. The number of likely N-dealkylation sites (tertiary alicyclic amines) is 1. The van der Waals surface area contributed by atoms with Crippen LogP contribution in [0, 0.1) is 0 Å². The topological polar surface area (TPSA) is 71.5 Å². The molecule has 0 spiro atoms. The van der Waals surface area contributed by atoms with Crippen molar-refractivity contribution in [2.24, 2.45) is 0 Å². The fourth-order valence-electron chi connectivity index (χ4n) is 5.57. The molecular weight excluding hydrogens is 432 g/mol. The largest absolute Gasteiger partial charge is 0.497 e. The molecule has 7 heteroatoms. The smallest absolute Gasteiger partial charge is 0.410 e. The van der Waals surface area contributed by atoms with Gasteiger partial charge in [-0.1, -0.05) is 6.07 Å². The van der Waals surface area contributed by atoms with Gasteiger partial charge in [0.05, 0.1) is 26.0 Å². The van der Waals surface area contributed by atoms with Crippen molar-refractivity contribution in [1.82, 2.24) is 4.90 Å². The molecule has 1 saturated heterocycles. The van der Waals surface area contributed by atoms with Crippen LogP contribution < -0.4 is 14.4 Å². The van der Waals surface area contributed by atoms with Gasteiger partial charge in [0.25, 0.3) is 0 Å². The highest BCUT2D eigenvalue weighted by Crippen LogP contribution is 2.52. The Kier molecular flexibility index (Phi) is 5.84. The number of fused-ring (bicyclic) bond motifs is 3. The first-order chi connectivity index (χ1) is 16.3. The number of rotatable bonds is 3. The first kappa shape index (κ1) is 22.8. The van der Waals surface area contributed by atoms with Crippen LogP contribution in [0.25, 0.3) is 11.1 Å². The molecular formula is C27H34N2O5. The molecule has 1 N–H and O–H groups in total. The average molecular weight is 467 g/mol. The molecule has 1 amide bonds. The van der Waals surface area contributed by atoms with E-state index in [4.69, 9.17) is 14.2 Å². The Balaban J connectivity index is 1.55. The summed E-state index contributed by atoms with van der Waals surface area (Å²) in [6, 6.07) is 10.5. The number of methoxy groups -OCH3 is 1. The van der Waals surface area contributed by atoms with E-state index < -0.39 is 5.60 Å². The summed E-state index contributed by atoms with van der Waals surface area (Å²) in [6.07, 6.45) is 1.62. The van der Waals surface area contributed by atoms with Crippen LogP contribution in [0.15, 0.2) is 30.3 Å². The van der Waals surface area contributed by atoms with E-state index in [9.17, 15) is 9.90 Å². The van der Waals surface area contributed by atoms with Crippen LogP contribution in [0.1, 0.15) is 50.7 Å². The maximum atomic E-state index is 12.9. The normalized spacial score (nSPS) is 21.3. The van der Waals surface area contributed by atoms with E-state index in [0.29, 0.717) is 25.7 Å². The number of ether oxygens (including phenoxy) is 3. The molecule has 0 aromatic heterocycles. The molecule has 3 aliphatic heterocycles. The van der Waals surface area contributed by atoms with Crippen molar-refractivity contribution in [3.05, 3.63) is 41.5 Å². The molecule has 0 saturated carbocycles. The zero-order valence-electron chi connectivity index (χ0n) is 20.5. The summed E-state index contributed by atoms with van der Waals surface area (Å²) in [6.45, 7) is 8.59. The third-order valence-corrected chi connectivity index (χ3v) is 7.01. The van der Waals surface area contributed by atoms with Crippen molar-refractivity contribution in [2.75, 3.05) is 38.3 Å². The van der Waals surface area contributed by atoms with Gasteiger partial charge < -0.3 is 29.1 Å². The first-order valence-corrected chi connectivity index (χ1v) is 12.1. The number of piperidine rings is 1. The summed E-state index contributed by atoms with van der Waals surface area (Å²) in [7, 11) is 1.63. The molecule has 0 aliphatic carbocycles. The Morgan fingerprint density at radius 2 is 2.03 bits per heavy atom. The van der Waals surface area contributed by atoms with Crippen molar-refractivity contribution < 1.29 is 24.1 Å². The lowest BCUT2D eigenvalue weighted by Crippen LogP contribution is -2.49. The Morgan fingerprint density at radius 1 is 1.21 bits per heavy atom. The van der Waals surface area contributed by atoms with Crippen LogP contribution in [0.5, 0.6) is 11.5 Å². The fourth-order valence-corrected chi connectivity index (χ4v) is 5.57. The second-order valence-electron chi connectivity index (χ2n) is 10.4. The number of carbonyl (C=O) groups is 1. The van der Waals surface area contributed by atoms with Crippen LogP contribution in [0.3, 0.4) is 0 Å². The summed E-state index contributed by atoms with van der Waals surface area (Å²) in [5.74, 6) is 1.80. The van der Waals surface area contributed by atoms with Crippen LogP contribution in [-0.2, 0) is 11.3 Å². The molecule has 3 aliphatic rings. The van der Waals surface area contributed by atoms with E-state index in [0.717, 1.165) is 47.6 Å². The van der Waals surface area contributed by atoms with Crippen LogP contribution in [-0.4, -0.2) is 61.1 Å². The molecule has 2 aromatic rings. The number of hydrogen-bond donors (Lipinski definition) is 1. The SMILES string of the molecule is COc1ccc(-c2cc3c4c(c2)[C@@H]2CN(C(=O)OC(C)(C)C)CC[C@@H]2N4CCCO3)c(CO)c1. The van der Waals surface area contributed by atoms with Crippen molar-refractivity contribution in [2.45, 2.75) is 57.8 Å². The molecule has 3 heterocycles. The zero-order valence-corrected chi connectivity index (χ0v) is 20.5. The van der Waals surface area contributed by atoms with Gasteiger partial charge in [-0.15, -0.1) is 0 Å². The van der Waals surface area contributed by atoms with E-state index in [1.165, 1.54) is 11.3 Å². The number of anilines is 1. The number of nitrogens with zero attached hydrogens (tertiary/aromatic N) is 2. The van der Waals surface area contributed by atoms with Crippen LogP contribution >= 0.6 is 0 Å². The molecule has 1 fully saturated rings. The Bertz CT molecular complexity index is 1090. The third kappa shape index (κ3) is 4.06. The van der Waals surface area contributed by atoms with E-state index in [-0.39, 0.29) is 18.6 Å². The van der Waals surface area contributed by atoms with E-state index in [1.54, 1.807) is 7.11 Å². The maximum absolute atomic E-state index is 12.9. The van der Waals surface area contributed by atoms with Crippen molar-refractivity contribution >= 4 is 11.8 Å². The highest BCUT2D eigenvalue weighted by atomic mass is 16.6. The quantitative estimate of drug-likeness (QED) is 0.716. The van der Waals surface area contributed by atoms with Crippen molar-refractivity contribution in [3.63, 3.8) is 0 Å². The Labute approximate surface area is 201 Å². The highest BCUT2D eigenvalue weighted by molar-refractivity contribution is 5.80. The number of aliphatic hydroxyl groups is 1. The summed E-state index contributed by atoms with van der Waals surface area (Å²) < 4.78 is 17.3. The number of aliphatic hydroxyl groups excluding tert-OH is 1. The second kappa shape index (κ2) is 8.69. The lowest BCUT2D eigenvalue weighted by Gasteiger charge is -2.39. The van der Waals surface area contributed by atoms with E-state index in [1.807, 2.05) is 43.9 Å². The number of amides is 1. The molecule has 7 nitrogen and oxygen atoms in total. The van der Waals surface area contributed by atoms with Gasteiger partial charge in [0.2, 0.25) is 0 Å². The minimum absolute atomic E-state index is 0.0790. The van der Waals surface area contributed by atoms with Crippen molar-refractivity contribution in [3.8, 4) is 22.6 Å². The van der Waals surface area contributed by atoms with Gasteiger partial charge in [-0.05, 0) is 80.1 Å². The molecule has 0 radical (unpaired) electrons. The van der Waals surface area contributed by atoms with Crippen molar-refractivity contribution in [1.29, 1.82) is 0 Å². The molecule has 34 heavy (non-hydrogen) atoms. The van der Waals surface area contributed by atoms with Crippen LogP contribution in [0.4, 0.5) is 10.5 Å². The molecule has 182 valence electrons. The first-order valence-electron chi connectivity index (χ1n) is 12.1. The minimum atomic E-state index is -0.516. The number of carbonyl (C=O) groups excluding carboxylic acids is 1. The van der Waals surface area contributed by atoms with Gasteiger partial charge in [0.15, 0.2) is 0 Å². The maximum Gasteiger partial charge on any atom is 0.410 e. The summed E-state index contributed by atoms with van der Waals surface area (Å²) >= 11 is 0. The number of benzene rings is 2. The fraction of sp³-hybridized carbons (Fsp3) is 0.519. The Hall–Kier alpha value is -2.93.